The minimum absolute atomic E-state index is 0.0762. The quantitative estimate of drug-likeness (QED) is 0.670. The van der Waals surface area contributed by atoms with Crippen molar-refractivity contribution in [2.24, 2.45) is 4.99 Å². The van der Waals surface area contributed by atoms with Crippen LogP contribution in [-0.4, -0.2) is 22.2 Å². The lowest BCUT2D eigenvalue weighted by atomic mass is 9.96. The Morgan fingerprint density at radius 2 is 1.46 bits per heavy atom. The normalized spacial score (nSPS) is 19.4. The van der Waals surface area contributed by atoms with Gasteiger partial charge in [0, 0.05) is 6.20 Å². The number of alkyl halides is 6. The number of halogens is 6. The zero-order chi connectivity index (χ0) is 19.5. The molecule has 0 aliphatic carbocycles. The number of hydrogen-bond acceptors (Lipinski definition) is 2. The van der Waals surface area contributed by atoms with Crippen molar-refractivity contribution in [3.05, 3.63) is 53.2 Å². The van der Waals surface area contributed by atoms with E-state index in [9.17, 15) is 31.1 Å². The van der Waals surface area contributed by atoms with E-state index in [2.05, 4.69) is 4.99 Å². The van der Waals surface area contributed by atoms with Crippen molar-refractivity contribution in [3.8, 4) is 0 Å². The van der Waals surface area contributed by atoms with Crippen molar-refractivity contribution < 1.29 is 31.1 Å². The number of allylic oxidation sites excluding steroid dienone is 2. The van der Waals surface area contributed by atoms with Gasteiger partial charge in [0.2, 0.25) is 0 Å². The van der Waals surface area contributed by atoms with E-state index in [-0.39, 0.29) is 23.0 Å². The number of nitrogens with zero attached hydrogens (tertiary/aromatic N) is 2. The summed E-state index contributed by atoms with van der Waals surface area (Å²) in [5, 5.41) is 0. The summed E-state index contributed by atoms with van der Waals surface area (Å²) in [6.07, 6.45) is -5.80. The largest absolute Gasteiger partial charge is 0.416 e. The van der Waals surface area contributed by atoms with E-state index >= 15 is 0 Å². The molecular formula is C17H12F6N2O. The van der Waals surface area contributed by atoms with Crippen molar-refractivity contribution in [3.63, 3.8) is 0 Å². The van der Waals surface area contributed by atoms with Crippen LogP contribution >= 0.6 is 0 Å². The van der Waals surface area contributed by atoms with Crippen molar-refractivity contribution in [1.82, 2.24) is 4.90 Å². The average Bonchev–Trinajstić information content (AvgIpc) is 2.74. The summed E-state index contributed by atoms with van der Waals surface area (Å²) in [6, 6.07) is 1.38. The number of carbonyl (C=O) groups excluding carboxylic acids is 1. The molecule has 0 atom stereocenters. The predicted molar refractivity (Wildman–Crippen MR) is 81.9 cm³/mol. The Kier molecular flexibility index (Phi) is 3.82. The number of aliphatic imine (C=N–C) groups is 1. The standard InChI is InChI=1S/C17H12F6N2O/c1-15(2)14(26)24-13-4-3-9(8-25(13)15)10-5-11(16(18,19)20)7-12(6-10)17(21,22)23/h3-8H,1-2H3. The van der Waals surface area contributed by atoms with Gasteiger partial charge >= 0.3 is 12.4 Å². The zero-order valence-corrected chi connectivity index (χ0v) is 13.5. The predicted octanol–water partition coefficient (Wildman–Crippen LogP) is 4.65. The molecule has 138 valence electrons. The molecule has 2 aliphatic rings. The van der Waals surface area contributed by atoms with Crippen LogP contribution in [0.2, 0.25) is 0 Å². The number of fused-ring (bicyclic) bond motifs is 1. The first-order valence-electron chi connectivity index (χ1n) is 7.42. The summed E-state index contributed by atoms with van der Waals surface area (Å²) in [5.74, 6) is -0.165. The van der Waals surface area contributed by atoms with Crippen LogP contribution in [0.3, 0.4) is 0 Å². The van der Waals surface area contributed by atoms with Gasteiger partial charge in [-0.15, -0.1) is 0 Å². The van der Waals surface area contributed by atoms with E-state index in [1.54, 1.807) is 13.8 Å². The molecule has 0 fully saturated rings. The molecule has 2 heterocycles. The van der Waals surface area contributed by atoms with Crippen molar-refractivity contribution in [2.45, 2.75) is 31.7 Å². The summed E-state index contributed by atoms with van der Waals surface area (Å²) in [5.41, 5.74) is -4.00. The Hall–Kier alpha value is -2.58. The van der Waals surface area contributed by atoms with Crippen LogP contribution in [0.25, 0.3) is 5.57 Å². The molecule has 2 aliphatic heterocycles. The van der Waals surface area contributed by atoms with E-state index < -0.39 is 34.9 Å². The Balaban J connectivity index is 2.13. The van der Waals surface area contributed by atoms with Gasteiger partial charge in [0.1, 0.15) is 11.4 Å². The maximum absolute atomic E-state index is 13.0. The fourth-order valence-electron chi connectivity index (χ4n) is 2.67. The fraction of sp³-hybridized carbons (Fsp3) is 0.294. The molecule has 0 saturated heterocycles. The minimum Gasteiger partial charge on any atom is -0.318 e. The first kappa shape index (κ1) is 18.2. The molecule has 3 rings (SSSR count). The molecule has 0 unspecified atom stereocenters. The van der Waals surface area contributed by atoms with Gasteiger partial charge in [-0.25, -0.2) is 0 Å². The van der Waals surface area contributed by atoms with Gasteiger partial charge in [0.15, 0.2) is 0 Å². The third-order valence-electron chi connectivity index (χ3n) is 4.19. The third-order valence-corrected chi connectivity index (χ3v) is 4.19. The molecule has 0 spiro atoms. The number of amidine groups is 1. The monoisotopic (exact) mass is 374 g/mol. The van der Waals surface area contributed by atoms with E-state index in [1.165, 1.54) is 23.3 Å². The number of carbonyl (C=O) groups is 1. The van der Waals surface area contributed by atoms with Crippen LogP contribution in [0.4, 0.5) is 26.3 Å². The van der Waals surface area contributed by atoms with Gasteiger partial charge in [0.25, 0.3) is 5.91 Å². The number of amides is 1. The highest BCUT2D eigenvalue weighted by Crippen LogP contribution is 2.39. The van der Waals surface area contributed by atoms with Crippen molar-refractivity contribution in [2.75, 3.05) is 0 Å². The van der Waals surface area contributed by atoms with Gasteiger partial charge in [-0.05, 0) is 55.3 Å². The number of rotatable bonds is 1. The lowest BCUT2D eigenvalue weighted by Gasteiger charge is -2.31. The van der Waals surface area contributed by atoms with Gasteiger partial charge in [-0.2, -0.15) is 31.3 Å². The molecular weight excluding hydrogens is 362 g/mol. The van der Waals surface area contributed by atoms with E-state index in [0.29, 0.717) is 12.1 Å². The van der Waals surface area contributed by atoms with Crippen LogP contribution in [0.5, 0.6) is 0 Å². The Morgan fingerprint density at radius 1 is 0.923 bits per heavy atom. The molecule has 0 radical (unpaired) electrons. The molecule has 1 aromatic rings. The van der Waals surface area contributed by atoms with E-state index in [0.717, 1.165) is 0 Å². The molecule has 0 aromatic heterocycles. The highest BCUT2D eigenvalue weighted by Gasteiger charge is 2.42. The third kappa shape index (κ3) is 3.02. The summed E-state index contributed by atoms with van der Waals surface area (Å²) < 4.78 is 78.1. The SMILES string of the molecule is CC1(C)C(=O)N=C2C=CC(c3cc(C(F)(F)F)cc(C(F)(F)F)c3)=CN21. The second-order valence-corrected chi connectivity index (χ2v) is 6.42. The van der Waals surface area contributed by atoms with Crippen LogP contribution in [0.15, 0.2) is 41.5 Å². The average molecular weight is 374 g/mol. The molecule has 0 saturated carbocycles. The first-order valence-corrected chi connectivity index (χ1v) is 7.42. The van der Waals surface area contributed by atoms with Gasteiger partial charge in [-0.3, -0.25) is 4.79 Å². The smallest absolute Gasteiger partial charge is 0.318 e. The second kappa shape index (κ2) is 5.46. The number of hydrogen-bond donors (Lipinski definition) is 0. The molecule has 0 bridgehead atoms. The van der Waals surface area contributed by atoms with Gasteiger partial charge in [0.05, 0.1) is 11.1 Å². The number of benzene rings is 1. The van der Waals surface area contributed by atoms with Gasteiger partial charge in [-0.1, -0.05) is 0 Å². The van der Waals surface area contributed by atoms with E-state index in [1.807, 2.05) is 0 Å². The molecule has 1 amide bonds. The zero-order valence-electron chi connectivity index (χ0n) is 13.5. The molecule has 9 heteroatoms. The molecule has 3 nitrogen and oxygen atoms in total. The maximum atomic E-state index is 13.0. The first-order chi connectivity index (χ1) is 11.8. The topological polar surface area (TPSA) is 32.7 Å². The Labute approximate surface area is 144 Å². The summed E-state index contributed by atoms with van der Waals surface area (Å²) >= 11 is 0. The van der Waals surface area contributed by atoms with Crippen molar-refractivity contribution >= 4 is 17.3 Å². The Morgan fingerprint density at radius 3 is 1.96 bits per heavy atom. The lowest BCUT2D eigenvalue weighted by molar-refractivity contribution is -0.143. The molecule has 26 heavy (non-hydrogen) atoms. The van der Waals surface area contributed by atoms with Crippen molar-refractivity contribution in [1.29, 1.82) is 0 Å². The summed E-state index contributed by atoms with van der Waals surface area (Å²) in [7, 11) is 0. The second-order valence-electron chi connectivity index (χ2n) is 6.42. The van der Waals surface area contributed by atoms with Crippen LogP contribution in [-0.2, 0) is 17.1 Å². The summed E-state index contributed by atoms with van der Waals surface area (Å²) in [4.78, 5) is 17.1. The van der Waals surface area contributed by atoms with Crippen LogP contribution in [0.1, 0.15) is 30.5 Å². The minimum atomic E-state index is -4.93. The fourth-order valence-corrected chi connectivity index (χ4v) is 2.67. The maximum Gasteiger partial charge on any atom is 0.416 e. The van der Waals surface area contributed by atoms with Crippen LogP contribution in [0, 0.1) is 0 Å². The summed E-state index contributed by atoms with van der Waals surface area (Å²) in [6.45, 7) is 3.12. The highest BCUT2D eigenvalue weighted by molar-refractivity contribution is 6.13. The lowest BCUT2D eigenvalue weighted by Crippen LogP contribution is -2.43. The van der Waals surface area contributed by atoms with Crippen LogP contribution < -0.4 is 0 Å². The Bertz CT molecular complexity index is 842. The van der Waals surface area contributed by atoms with Gasteiger partial charge < -0.3 is 4.90 Å². The molecule has 1 aromatic carbocycles. The highest BCUT2D eigenvalue weighted by atomic mass is 19.4. The van der Waals surface area contributed by atoms with E-state index in [4.69, 9.17) is 0 Å². The molecule has 0 N–H and O–H groups in total.